The third-order valence-electron chi connectivity index (χ3n) is 1.63. The van der Waals surface area contributed by atoms with Crippen LogP contribution < -0.4 is 0 Å². The van der Waals surface area contributed by atoms with Gasteiger partial charge in [0.2, 0.25) is 0 Å². The lowest BCUT2D eigenvalue weighted by Gasteiger charge is -2.03. The van der Waals surface area contributed by atoms with Crippen molar-refractivity contribution in [1.29, 1.82) is 0 Å². The Balaban J connectivity index is 2.07. The van der Waals surface area contributed by atoms with Gasteiger partial charge in [0.25, 0.3) is 0 Å². The molecule has 0 spiro atoms. The Morgan fingerprint density at radius 2 is 1.92 bits per heavy atom. The van der Waals surface area contributed by atoms with Gasteiger partial charge in [-0.25, -0.2) is 0 Å². The molecule has 0 radical (unpaired) electrons. The standard InChI is InChI=1S/C10H16O2Si/c1-2-8-11-13-12-9-10-6-4-3-5-7-10/h3-7H,2,8-9,13H2,1H3. The molecule has 0 aliphatic heterocycles. The van der Waals surface area contributed by atoms with Crippen LogP contribution in [0, 0.1) is 0 Å². The molecule has 0 unspecified atom stereocenters. The van der Waals surface area contributed by atoms with Gasteiger partial charge < -0.3 is 8.85 Å². The maximum Gasteiger partial charge on any atom is 0.304 e. The van der Waals surface area contributed by atoms with Gasteiger partial charge in [-0.15, -0.1) is 0 Å². The minimum atomic E-state index is -0.744. The Labute approximate surface area is 81.9 Å². The molecule has 1 aromatic carbocycles. The van der Waals surface area contributed by atoms with E-state index in [2.05, 4.69) is 19.1 Å². The second kappa shape index (κ2) is 6.83. The summed E-state index contributed by atoms with van der Waals surface area (Å²) in [5.41, 5.74) is 1.22. The summed E-state index contributed by atoms with van der Waals surface area (Å²) in [6, 6.07) is 10.2. The van der Waals surface area contributed by atoms with E-state index < -0.39 is 10.0 Å². The largest absolute Gasteiger partial charge is 0.399 e. The number of benzene rings is 1. The summed E-state index contributed by atoms with van der Waals surface area (Å²) in [6.45, 7) is 3.63. The fourth-order valence-corrected chi connectivity index (χ4v) is 1.84. The average molecular weight is 196 g/mol. The smallest absolute Gasteiger partial charge is 0.304 e. The molecule has 1 aromatic rings. The van der Waals surface area contributed by atoms with Crippen LogP contribution in [0.3, 0.4) is 0 Å². The zero-order valence-electron chi connectivity index (χ0n) is 8.03. The topological polar surface area (TPSA) is 18.5 Å². The molecule has 0 atom stereocenters. The molecule has 0 N–H and O–H groups in total. The maximum atomic E-state index is 5.44. The quantitative estimate of drug-likeness (QED) is 0.508. The lowest BCUT2D eigenvalue weighted by Crippen LogP contribution is -2.05. The molecule has 0 fully saturated rings. The van der Waals surface area contributed by atoms with E-state index in [9.17, 15) is 0 Å². The molecule has 72 valence electrons. The minimum Gasteiger partial charge on any atom is -0.399 e. The van der Waals surface area contributed by atoms with Gasteiger partial charge in [-0.2, -0.15) is 0 Å². The number of hydrogen-bond acceptors (Lipinski definition) is 2. The van der Waals surface area contributed by atoms with E-state index in [-0.39, 0.29) is 0 Å². The van der Waals surface area contributed by atoms with Crippen molar-refractivity contribution in [2.24, 2.45) is 0 Å². The van der Waals surface area contributed by atoms with Gasteiger partial charge in [0, 0.05) is 6.61 Å². The van der Waals surface area contributed by atoms with Crippen LogP contribution in [0.4, 0.5) is 0 Å². The summed E-state index contributed by atoms with van der Waals surface area (Å²) in [6.07, 6.45) is 1.07. The second-order valence-electron chi connectivity index (χ2n) is 2.86. The van der Waals surface area contributed by atoms with E-state index in [4.69, 9.17) is 8.85 Å². The molecule has 0 aliphatic rings. The van der Waals surface area contributed by atoms with Crippen molar-refractivity contribution < 1.29 is 8.85 Å². The zero-order chi connectivity index (χ0) is 9.36. The molecule has 0 amide bonds. The van der Waals surface area contributed by atoms with Crippen molar-refractivity contribution in [1.82, 2.24) is 0 Å². The van der Waals surface area contributed by atoms with Crippen molar-refractivity contribution in [3.8, 4) is 0 Å². The molecule has 2 nitrogen and oxygen atoms in total. The Morgan fingerprint density at radius 3 is 2.62 bits per heavy atom. The first-order chi connectivity index (χ1) is 6.43. The van der Waals surface area contributed by atoms with Crippen LogP contribution in [0.2, 0.25) is 0 Å². The van der Waals surface area contributed by atoms with Crippen molar-refractivity contribution in [3.63, 3.8) is 0 Å². The second-order valence-corrected chi connectivity index (χ2v) is 3.91. The molecule has 0 bridgehead atoms. The summed E-state index contributed by atoms with van der Waals surface area (Å²) in [4.78, 5) is 0. The van der Waals surface area contributed by atoms with Crippen molar-refractivity contribution in [2.45, 2.75) is 20.0 Å². The molecule has 13 heavy (non-hydrogen) atoms. The van der Waals surface area contributed by atoms with E-state index in [0.717, 1.165) is 13.0 Å². The first-order valence-corrected chi connectivity index (χ1v) is 5.78. The van der Waals surface area contributed by atoms with Gasteiger partial charge in [-0.05, 0) is 12.0 Å². The van der Waals surface area contributed by atoms with Gasteiger partial charge in [-0.1, -0.05) is 37.3 Å². The summed E-state index contributed by atoms with van der Waals surface area (Å²) in [7, 11) is -0.744. The van der Waals surface area contributed by atoms with Gasteiger partial charge in [-0.3, -0.25) is 0 Å². The van der Waals surface area contributed by atoms with Crippen LogP contribution >= 0.6 is 0 Å². The Bertz CT molecular complexity index is 213. The summed E-state index contributed by atoms with van der Waals surface area (Å²) >= 11 is 0. The SMILES string of the molecule is CCCO[SiH2]OCc1ccccc1. The van der Waals surface area contributed by atoms with Crippen LogP contribution in [0.1, 0.15) is 18.9 Å². The van der Waals surface area contributed by atoms with Gasteiger partial charge >= 0.3 is 10.0 Å². The Hall–Kier alpha value is -0.643. The van der Waals surface area contributed by atoms with Gasteiger partial charge in [0.1, 0.15) is 0 Å². The number of rotatable bonds is 6. The van der Waals surface area contributed by atoms with Crippen molar-refractivity contribution in [2.75, 3.05) is 6.61 Å². The van der Waals surface area contributed by atoms with E-state index in [1.165, 1.54) is 5.56 Å². The summed E-state index contributed by atoms with van der Waals surface area (Å²) in [5, 5.41) is 0. The first kappa shape index (κ1) is 10.4. The fourth-order valence-electron chi connectivity index (χ4n) is 0.996. The highest BCUT2D eigenvalue weighted by molar-refractivity contribution is 6.17. The molecule has 3 heteroatoms. The average Bonchev–Trinajstić information content (AvgIpc) is 2.19. The highest BCUT2D eigenvalue weighted by Gasteiger charge is 1.91. The first-order valence-electron chi connectivity index (χ1n) is 4.63. The van der Waals surface area contributed by atoms with Crippen LogP contribution in [0.25, 0.3) is 0 Å². The monoisotopic (exact) mass is 196 g/mol. The molecular weight excluding hydrogens is 180 g/mol. The highest BCUT2D eigenvalue weighted by Crippen LogP contribution is 1.99. The summed E-state index contributed by atoms with van der Waals surface area (Å²) < 4.78 is 10.8. The van der Waals surface area contributed by atoms with Crippen molar-refractivity contribution >= 4 is 10.0 Å². The van der Waals surface area contributed by atoms with E-state index in [1.54, 1.807) is 0 Å². The van der Waals surface area contributed by atoms with Gasteiger partial charge in [0.05, 0.1) is 6.61 Å². The Kier molecular flexibility index (Phi) is 5.48. The molecule has 1 rings (SSSR count). The summed E-state index contributed by atoms with van der Waals surface area (Å²) in [5.74, 6) is 0. The molecule has 0 aromatic heterocycles. The Morgan fingerprint density at radius 1 is 1.15 bits per heavy atom. The van der Waals surface area contributed by atoms with Crippen LogP contribution in [0.15, 0.2) is 30.3 Å². The van der Waals surface area contributed by atoms with Crippen LogP contribution in [-0.2, 0) is 15.5 Å². The van der Waals surface area contributed by atoms with E-state index in [1.807, 2.05) is 18.2 Å². The van der Waals surface area contributed by atoms with E-state index >= 15 is 0 Å². The third-order valence-corrected chi connectivity index (χ3v) is 2.45. The lowest BCUT2D eigenvalue weighted by molar-refractivity contribution is 0.214. The fraction of sp³-hybridized carbons (Fsp3) is 0.400. The van der Waals surface area contributed by atoms with E-state index in [0.29, 0.717) is 6.61 Å². The zero-order valence-corrected chi connectivity index (χ0v) is 9.45. The van der Waals surface area contributed by atoms with Crippen LogP contribution in [0.5, 0.6) is 0 Å². The highest BCUT2D eigenvalue weighted by atomic mass is 28.3. The predicted molar refractivity (Wildman–Crippen MR) is 56.0 cm³/mol. The third kappa shape index (κ3) is 4.82. The minimum absolute atomic E-state index is 0.691. The molecule has 0 aliphatic carbocycles. The normalized spacial score (nSPS) is 11.2. The molecule has 0 saturated carbocycles. The van der Waals surface area contributed by atoms with Crippen LogP contribution in [-0.4, -0.2) is 16.6 Å². The van der Waals surface area contributed by atoms with Crippen molar-refractivity contribution in [3.05, 3.63) is 35.9 Å². The predicted octanol–water partition coefficient (Wildman–Crippen LogP) is 1.63. The molecule has 0 heterocycles. The molecule has 0 saturated heterocycles. The lowest BCUT2D eigenvalue weighted by atomic mass is 10.2. The van der Waals surface area contributed by atoms with Gasteiger partial charge in [0.15, 0.2) is 0 Å². The maximum absolute atomic E-state index is 5.44. The number of hydrogen-bond donors (Lipinski definition) is 0. The molecular formula is C10H16O2Si.